The van der Waals surface area contributed by atoms with Crippen molar-refractivity contribution in [2.45, 2.75) is 32.6 Å². The highest BCUT2D eigenvalue weighted by Gasteiger charge is 2.25. The van der Waals surface area contributed by atoms with Gasteiger partial charge in [0.25, 0.3) is 0 Å². The van der Waals surface area contributed by atoms with E-state index in [-0.39, 0.29) is 0 Å². The van der Waals surface area contributed by atoms with Gasteiger partial charge in [0.15, 0.2) is 0 Å². The second-order valence-electron chi connectivity index (χ2n) is 8.34. The third-order valence-electron chi connectivity index (χ3n) is 6.40. The van der Waals surface area contributed by atoms with Crippen LogP contribution in [0, 0.1) is 12.8 Å². The van der Waals surface area contributed by atoms with Crippen LogP contribution in [0.1, 0.15) is 35.2 Å². The van der Waals surface area contributed by atoms with Gasteiger partial charge in [-0.1, -0.05) is 48.0 Å². The first kappa shape index (κ1) is 16.8. The molecule has 1 atom stereocenters. The quantitative estimate of drug-likeness (QED) is 0.668. The van der Waals surface area contributed by atoms with Gasteiger partial charge in [0.05, 0.1) is 0 Å². The predicted molar refractivity (Wildman–Crippen MR) is 114 cm³/mol. The van der Waals surface area contributed by atoms with Crippen molar-refractivity contribution in [2.24, 2.45) is 5.92 Å². The Morgan fingerprint density at radius 1 is 1.07 bits per heavy atom. The number of nitrogens with zero attached hydrogens (tertiary/aromatic N) is 1. The summed E-state index contributed by atoms with van der Waals surface area (Å²) in [5.41, 5.74) is 8.67. The molecule has 0 saturated heterocycles. The van der Waals surface area contributed by atoms with Gasteiger partial charge in [0, 0.05) is 36.2 Å². The van der Waals surface area contributed by atoms with Gasteiger partial charge in [-0.2, -0.15) is 0 Å². The van der Waals surface area contributed by atoms with Gasteiger partial charge in [-0.05, 0) is 67.4 Å². The molecule has 1 aliphatic carbocycles. The highest BCUT2D eigenvalue weighted by atomic mass is 15.1. The van der Waals surface area contributed by atoms with E-state index in [2.05, 4.69) is 71.4 Å². The van der Waals surface area contributed by atoms with E-state index >= 15 is 0 Å². The molecule has 0 spiro atoms. The molecule has 2 nitrogen and oxygen atoms in total. The third-order valence-corrected chi connectivity index (χ3v) is 6.40. The largest absolute Gasteiger partial charge is 0.358 e. The SMILES string of the molecule is Cc1ccc2[nH]c3c(c2c1)CC(CN1CC=C(c2ccccc2)CC1)CC3. The van der Waals surface area contributed by atoms with Crippen LogP contribution in [0.25, 0.3) is 16.5 Å². The lowest BCUT2D eigenvalue weighted by Gasteiger charge is -2.32. The Balaban J connectivity index is 1.27. The van der Waals surface area contributed by atoms with Crippen molar-refractivity contribution in [3.8, 4) is 0 Å². The van der Waals surface area contributed by atoms with E-state index in [9.17, 15) is 0 Å². The molecule has 0 amide bonds. The van der Waals surface area contributed by atoms with Gasteiger partial charge in [-0.25, -0.2) is 0 Å². The van der Waals surface area contributed by atoms with E-state index in [4.69, 9.17) is 0 Å². The zero-order valence-electron chi connectivity index (χ0n) is 16.2. The van der Waals surface area contributed by atoms with E-state index in [1.807, 2.05) is 0 Å². The topological polar surface area (TPSA) is 19.0 Å². The van der Waals surface area contributed by atoms with Crippen molar-refractivity contribution in [3.63, 3.8) is 0 Å². The van der Waals surface area contributed by atoms with E-state index in [1.54, 1.807) is 5.56 Å². The highest BCUT2D eigenvalue weighted by molar-refractivity contribution is 5.85. The van der Waals surface area contributed by atoms with Gasteiger partial charge in [0.2, 0.25) is 0 Å². The Hall–Kier alpha value is -2.32. The molecule has 3 aromatic rings. The summed E-state index contributed by atoms with van der Waals surface area (Å²) in [6, 6.07) is 17.7. The summed E-state index contributed by atoms with van der Waals surface area (Å²) in [5.74, 6) is 0.781. The van der Waals surface area contributed by atoms with E-state index in [0.29, 0.717) is 0 Å². The highest BCUT2D eigenvalue weighted by Crippen LogP contribution is 2.33. The number of hydrogen-bond acceptors (Lipinski definition) is 1. The predicted octanol–water partition coefficient (Wildman–Crippen LogP) is 5.37. The van der Waals surface area contributed by atoms with Crippen molar-refractivity contribution in [1.82, 2.24) is 9.88 Å². The lowest BCUT2D eigenvalue weighted by Crippen LogP contribution is -2.35. The Morgan fingerprint density at radius 2 is 1.96 bits per heavy atom. The molecule has 5 rings (SSSR count). The summed E-state index contributed by atoms with van der Waals surface area (Å²) in [6.07, 6.45) is 7.36. The molecule has 1 N–H and O–H groups in total. The zero-order valence-corrected chi connectivity index (χ0v) is 16.2. The van der Waals surface area contributed by atoms with Crippen LogP contribution in [-0.2, 0) is 12.8 Å². The van der Waals surface area contributed by atoms with Crippen LogP contribution in [0.3, 0.4) is 0 Å². The normalized spacial score (nSPS) is 20.5. The number of H-pyrrole nitrogens is 1. The first-order chi connectivity index (χ1) is 13.3. The molecule has 1 unspecified atom stereocenters. The summed E-state index contributed by atoms with van der Waals surface area (Å²) >= 11 is 0. The molecule has 2 aromatic carbocycles. The number of fused-ring (bicyclic) bond motifs is 3. The number of nitrogens with one attached hydrogen (secondary N) is 1. The number of aromatic nitrogens is 1. The molecule has 0 fully saturated rings. The maximum atomic E-state index is 3.67. The molecule has 0 bridgehead atoms. The fourth-order valence-corrected chi connectivity index (χ4v) is 4.92. The average molecular weight is 357 g/mol. The minimum atomic E-state index is 0.781. The van der Waals surface area contributed by atoms with E-state index in [1.165, 1.54) is 72.1 Å². The Kier molecular flexibility index (Phi) is 4.37. The molecule has 1 aliphatic heterocycles. The molecule has 0 saturated carbocycles. The van der Waals surface area contributed by atoms with Crippen LogP contribution in [0.15, 0.2) is 54.6 Å². The van der Waals surface area contributed by atoms with Crippen molar-refractivity contribution >= 4 is 16.5 Å². The van der Waals surface area contributed by atoms with Crippen LogP contribution in [0.5, 0.6) is 0 Å². The summed E-state index contributed by atoms with van der Waals surface area (Å²) < 4.78 is 0. The first-order valence-electron chi connectivity index (χ1n) is 10.3. The van der Waals surface area contributed by atoms with Crippen LogP contribution < -0.4 is 0 Å². The van der Waals surface area contributed by atoms with Crippen LogP contribution in [-0.4, -0.2) is 29.5 Å². The van der Waals surface area contributed by atoms with Crippen molar-refractivity contribution in [2.75, 3.05) is 19.6 Å². The summed E-state index contributed by atoms with van der Waals surface area (Å²) in [7, 11) is 0. The van der Waals surface area contributed by atoms with Crippen molar-refractivity contribution in [1.29, 1.82) is 0 Å². The summed E-state index contributed by atoms with van der Waals surface area (Å²) in [4.78, 5) is 6.32. The van der Waals surface area contributed by atoms with E-state index < -0.39 is 0 Å². The monoisotopic (exact) mass is 356 g/mol. The molecule has 27 heavy (non-hydrogen) atoms. The molecule has 2 heteroatoms. The molecular weight excluding hydrogens is 328 g/mol. The van der Waals surface area contributed by atoms with Gasteiger partial charge < -0.3 is 4.98 Å². The fraction of sp³-hybridized carbons (Fsp3) is 0.360. The lowest BCUT2D eigenvalue weighted by atomic mass is 9.85. The third kappa shape index (κ3) is 3.35. The number of aryl methyl sites for hydroxylation is 2. The molecule has 138 valence electrons. The van der Waals surface area contributed by atoms with Crippen LogP contribution in [0.2, 0.25) is 0 Å². The van der Waals surface area contributed by atoms with Crippen molar-refractivity contribution in [3.05, 3.63) is 77.0 Å². The van der Waals surface area contributed by atoms with Gasteiger partial charge >= 0.3 is 0 Å². The smallest absolute Gasteiger partial charge is 0.0459 e. The van der Waals surface area contributed by atoms with E-state index in [0.717, 1.165) is 12.5 Å². The van der Waals surface area contributed by atoms with Gasteiger partial charge in [0.1, 0.15) is 0 Å². The first-order valence-corrected chi connectivity index (χ1v) is 10.3. The Morgan fingerprint density at radius 3 is 2.78 bits per heavy atom. The maximum Gasteiger partial charge on any atom is 0.0459 e. The number of rotatable bonds is 3. The van der Waals surface area contributed by atoms with Crippen LogP contribution >= 0.6 is 0 Å². The maximum absolute atomic E-state index is 3.67. The second-order valence-corrected chi connectivity index (χ2v) is 8.34. The fourth-order valence-electron chi connectivity index (χ4n) is 4.92. The molecule has 0 radical (unpaired) electrons. The lowest BCUT2D eigenvalue weighted by molar-refractivity contribution is 0.238. The number of benzene rings is 2. The van der Waals surface area contributed by atoms with Gasteiger partial charge in [-0.3, -0.25) is 4.90 Å². The summed E-state index contributed by atoms with van der Waals surface area (Å²) in [6.45, 7) is 5.72. The Labute approximate surface area is 161 Å². The van der Waals surface area contributed by atoms with Gasteiger partial charge in [-0.15, -0.1) is 0 Å². The number of hydrogen-bond donors (Lipinski definition) is 1. The number of aromatic amines is 1. The Bertz CT molecular complexity index is 980. The zero-order chi connectivity index (χ0) is 18.2. The minimum absolute atomic E-state index is 0.781. The van der Waals surface area contributed by atoms with Crippen LogP contribution in [0.4, 0.5) is 0 Å². The molecule has 1 aromatic heterocycles. The molecule has 2 aliphatic rings. The van der Waals surface area contributed by atoms with Crippen molar-refractivity contribution < 1.29 is 0 Å². The molecule has 2 heterocycles. The second kappa shape index (κ2) is 7.01. The summed E-state index contributed by atoms with van der Waals surface area (Å²) in [5, 5.41) is 1.46. The average Bonchev–Trinajstić information content (AvgIpc) is 3.06. The standard InChI is InChI=1S/C25H28N2/c1-18-7-9-24-22(15-18)23-16-19(8-10-25(23)26-24)17-27-13-11-21(12-14-27)20-5-3-2-4-6-20/h2-7,9,11,15,19,26H,8,10,12-14,16-17H2,1H3. The minimum Gasteiger partial charge on any atom is -0.358 e. The molecular formula is C25H28N2.